The second-order valence-corrected chi connectivity index (χ2v) is 11.3. The number of amidine groups is 1. The van der Waals surface area contributed by atoms with E-state index in [1.807, 2.05) is 19.0 Å². The van der Waals surface area contributed by atoms with Gasteiger partial charge in [-0.15, -0.1) is 0 Å². The standard InChI is InChI=1S/C24H31ClN4O3S/c1-29(2)12-6-9-19-15-27-23(16-26-19)28-24(30)20(13-17-7-4-5-8-17)18-10-11-22(21(25)14-18)33(3,31)32/h10-11,14-15,17,20,26H,4-5,7-8,12-13,16H2,1-3H3,(H,27,28,30). The summed E-state index contributed by atoms with van der Waals surface area (Å²) in [5.41, 5.74) is 1.42. The molecule has 1 aromatic rings. The van der Waals surface area contributed by atoms with Crippen molar-refractivity contribution < 1.29 is 13.2 Å². The Morgan fingerprint density at radius 1 is 1.33 bits per heavy atom. The molecule has 7 nitrogen and oxygen atoms in total. The number of benzene rings is 1. The number of carbonyl (C=O) groups is 1. The summed E-state index contributed by atoms with van der Waals surface area (Å²) in [4.78, 5) is 19.7. The lowest BCUT2D eigenvalue weighted by Crippen LogP contribution is -2.41. The van der Waals surface area contributed by atoms with Crippen LogP contribution in [0.3, 0.4) is 0 Å². The highest BCUT2D eigenvalue weighted by atomic mass is 35.5. The molecule has 1 aliphatic heterocycles. The van der Waals surface area contributed by atoms with Crippen LogP contribution in [0.5, 0.6) is 0 Å². The van der Waals surface area contributed by atoms with E-state index in [9.17, 15) is 13.2 Å². The number of hydrogen-bond acceptors (Lipinski definition) is 6. The smallest absolute Gasteiger partial charge is 0.232 e. The maximum absolute atomic E-state index is 13.3. The van der Waals surface area contributed by atoms with E-state index in [0.717, 1.165) is 19.1 Å². The maximum Gasteiger partial charge on any atom is 0.232 e. The highest BCUT2D eigenvalue weighted by molar-refractivity contribution is 7.90. The second kappa shape index (κ2) is 11.2. The molecule has 1 unspecified atom stereocenters. The van der Waals surface area contributed by atoms with Crippen molar-refractivity contribution in [3.05, 3.63) is 40.7 Å². The minimum Gasteiger partial charge on any atom is -0.370 e. The fraction of sp³-hybridized carbons (Fsp3) is 0.500. The average molecular weight is 491 g/mol. The molecule has 1 atom stereocenters. The van der Waals surface area contributed by atoms with Gasteiger partial charge in [0.1, 0.15) is 11.5 Å². The molecule has 1 aliphatic carbocycles. The van der Waals surface area contributed by atoms with Gasteiger partial charge >= 0.3 is 0 Å². The van der Waals surface area contributed by atoms with E-state index in [1.54, 1.807) is 18.3 Å². The summed E-state index contributed by atoms with van der Waals surface area (Å²) < 4.78 is 23.9. The normalized spacial score (nSPS) is 17.5. The van der Waals surface area contributed by atoms with E-state index in [2.05, 4.69) is 27.5 Å². The number of halogens is 1. The van der Waals surface area contributed by atoms with Gasteiger partial charge in [-0.1, -0.05) is 49.3 Å². The SMILES string of the molecule is CN(C)CC#CC1=CN=C(NC(=O)C(CC2CCCC2)c2ccc(S(C)(=O)=O)c(Cl)c2)CN1. The monoisotopic (exact) mass is 490 g/mol. The first-order valence-corrected chi connectivity index (χ1v) is 13.3. The largest absolute Gasteiger partial charge is 0.370 e. The molecule has 1 heterocycles. The first-order chi connectivity index (χ1) is 15.6. The molecular formula is C24H31ClN4O3S. The zero-order valence-electron chi connectivity index (χ0n) is 19.3. The Morgan fingerprint density at radius 3 is 2.64 bits per heavy atom. The Balaban J connectivity index is 1.78. The summed E-state index contributed by atoms with van der Waals surface area (Å²) in [5, 5.41) is 6.24. The molecule has 1 amide bonds. The third-order valence-electron chi connectivity index (χ3n) is 5.80. The predicted octanol–water partition coefficient (Wildman–Crippen LogP) is 2.93. The van der Waals surface area contributed by atoms with Crippen molar-refractivity contribution in [2.75, 3.05) is 33.4 Å². The Morgan fingerprint density at radius 2 is 2.06 bits per heavy atom. The number of rotatable bonds is 6. The zero-order chi connectivity index (χ0) is 24.0. The van der Waals surface area contributed by atoms with Gasteiger partial charge in [-0.3, -0.25) is 9.69 Å². The van der Waals surface area contributed by atoms with Gasteiger partial charge in [0.2, 0.25) is 5.91 Å². The van der Waals surface area contributed by atoms with Crippen LogP contribution in [0.15, 0.2) is 40.0 Å². The lowest BCUT2D eigenvalue weighted by molar-refractivity contribution is -0.121. The van der Waals surface area contributed by atoms with Crippen LogP contribution < -0.4 is 10.6 Å². The van der Waals surface area contributed by atoms with Crippen molar-refractivity contribution >= 4 is 33.2 Å². The number of amides is 1. The Labute approximate surface area is 201 Å². The van der Waals surface area contributed by atoms with Crippen molar-refractivity contribution in [1.29, 1.82) is 0 Å². The summed E-state index contributed by atoms with van der Waals surface area (Å²) in [5.74, 6) is 6.44. The van der Waals surface area contributed by atoms with Crippen LogP contribution in [0.4, 0.5) is 0 Å². The van der Waals surface area contributed by atoms with Crippen LogP contribution in [0.2, 0.25) is 5.02 Å². The fourth-order valence-corrected chi connectivity index (χ4v) is 5.43. The quantitative estimate of drug-likeness (QED) is 0.598. The molecule has 0 spiro atoms. The number of aliphatic imine (C=N–C) groups is 1. The molecule has 1 saturated carbocycles. The molecule has 2 N–H and O–H groups in total. The van der Waals surface area contributed by atoms with Crippen LogP contribution in [0.25, 0.3) is 0 Å². The van der Waals surface area contributed by atoms with Gasteiger partial charge in [0.25, 0.3) is 0 Å². The van der Waals surface area contributed by atoms with Crippen molar-refractivity contribution in [1.82, 2.24) is 15.5 Å². The van der Waals surface area contributed by atoms with E-state index in [1.165, 1.54) is 18.9 Å². The molecule has 0 bridgehead atoms. The predicted molar refractivity (Wildman–Crippen MR) is 132 cm³/mol. The molecule has 0 radical (unpaired) electrons. The summed E-state index contributed by atoms with van der Waals surface area (Å²) in [6.07, 6.45) is 7.97. The first kappa shape index (κ1) is 25.3. The number of nitrogens with zero attached hydrogens (tertiary/aromatic N) is 2. The highest BCUT2D eigenvalue weighted by Gasteiger charge is 2.28. The van der Waals surface area contributed by atoms with Crippen LogP contribution in [0.1, 0.15) is 43.6 Å². The molecule has 3 rings (SSSR count). The zero-order valence-corrected chi connectivity index (χ0v) is 20.9. The fourth-order valence-electron chi connectivity index (χ4n) is 4.10. The first-order valence-electron chi connectivity index (χ1n) is 11.1. The van der Waals surface area contributed by atoms with E-state index in [4.69, 9.17) is 11.6 Å². The van der Waals surface area contributed by atoms with E-state index in [0.29, 0.717) is 42.5 Å². The lowest BCUT2D eigenvalue weighted by atomic mass is 9.87. The van der Waals surface area contributed by atoms with Gasteiger partial charge in [0.05, 0.1) is 35.1 Å². The van der Waals surface area contributed by atoms with Crippen molar-refractivity contribution in [2.24, 2.45) is 10.9 Å². The maximum atomic E-state index is 13.3. The van der Waals surface area contributed by atoms with Gasteiger partial charge in [-0.2, -0.15) is 0 Å². The number of nitrogens with one attached hydrogen (secondary N) is 2. The Bertz CT molecular complexity index is 1110. The van der Waals surface area contributed by atoms with Crippen LogP contribution >= 0.6 is 11.6 Å². The average Bonchev–Trinajstić information content (AvgIpc) is 3.25. The molecular weight excluding hydrogens is 460 g/mol. The van der Waals surface area contributed by atoms with Crippen molar-refractivity contribution in [3.63, 3.8) is 0 Å². The van der Waals surface area contributed by atoms with Crippen LogP contribution in [-0.2, 0) is 14.6 Å². The lowest BCUT2D eigenvalue weighted by Gasteiger charge is -2.22. The number of hydrogen-bond donors (Lipinski definition) is 2. The molecule has 2 aliphatic rings. The van der Waals surface area contributed by atoms with Crippen LogP contribution in [0, 0.1) is 17.8 Å². The molecule has 0 saturated heterocycles. The summed E-state index contributed by atoms with van der Waals surface area (Å²) in [7, 11) is 0.465. The third-order valence-corrected chi connectivity index (χ3v) is 7.38. The van der Waals surface area contributed by atoms with E-state index in [-0.39, 0.29) is 15.8 Å². The minimum atomic E-state index is -3.44. The number of sulfone groups is 1. The van der Waals surface area contributed by atoms with Gasteiger partial charge in [0, 0.05) is 6.26 Å². The Hall–Kier alpha value is -2.34. The molecule has 0 aromatic heterocycles. The van der Waals surface area contributed by atoms with Crippen molar-refractivity contribution in [2.45, 2.75) is 42.9 Å². The van der Waals surface area contributed by atoms with Gasteiger partial charge < -0.3 is 10.6 Å². The molecule has 1 fully saturated rings. The molecule has 33 heavy (non-hydrogen) atoms. The van der Waals surface area contributed by atoms with E-state index >= 15 is 0 Å². The third kappa shape index (κ3) is 7.32. The number of carbonyl (C=O) groups excluding carboxylic acids is 1. The summed E-state index contributed by atoms with van der Waals surface area (Å²) in [6.45, 7) is 1.02. The van der Waals surface area contributed by atoms with Gasteiger partial charge in [-0.05, 0) is 50.1 Å². The molecule has 1 aromatic carbocycles. The van der Waals surface area contributed by atoms with Gasteiger partial charge in [0.15, 0.2) is 9.84 Å². The van der Waals surface area contributed by atoms with Gasteiger partial charge in [-0.25, -0.2) is 13.4 Å². The number of allylic oxidation sites excluding steroid dienone is 1. The highest BCUT2D eigenvalue weighted by Crippen LogP contribution is 2.36. The second-order valence-electron chi connectivity index (χ2n) is 8.90. The topological polar surface area (TPSA) is 90.9 Å². The van der Waals surface area contributed by atoms with Crippen molar-refractivity contribution in [3.8, 4) is 11.8 Å². The molecule has 9 heteroatoms. The molecule has 178 valence electrons. The summed E-state index contributed by atoms with van der Waals surface area (Å²) >= 11 is 6.28. The van der Waals surface area contributed by atoms with Crippen LogP contribution in [-0.4, -0.2) is 58.5 Å². The minimum absolute atomic E-state index is 0.0711. The van der Waals surface area contributed by atoms with E-state index < -0.39 is 15.8 Å². The summed E-state index contributed by atoms with van der Waals surface area (Å²) in [6, 6.07) is 4.79. The Kier molecular flexibility index (Phi) is 8.57.